The van der Waals surface area contributed by atoms with Crippen LogP contribution in [0.25, 0.3) is 11.3 Å². The normalized spacial score (nSPS) is 15.2. The van der Waals surface area contributed by atoms with Gasteiger partial charge in [-0.15, -0.1) is 0 Å². The van der Waals surface area contributed by atoms with Crippen LogP contribution in [0.5, 0.6) is 0 Å². The minimum Gasteiger partial charge on any atom is -0.342 e. The van der Waals surface area contributed by atoms with Crippen molar-refractivity contribution < 1.29 is 9.59 Å². The molecule has 8 heteroatoms. The van der Waals surface area contributed by atoms with E-state index < -0.39 is 0 Å². The third-order valence-electron chi connectivity index (χ3n) is 5.16. The highest BCUT2D eigenvalue weighted by Crippen LogP contribution is 2.27. The highest BCUT2D eigenvalue weighted by Gasteiger charge is 2.16. The summed E-state index contributed by atoms with van der Waals surface area (Å²) in [4.78, 5) is 28.0. The van der Waals surface area contributed by atoms with Gasteiger partial charge < -0.3 is 15.1 Å². The van der Waals surface area contributed by atoms with Crippen molar-refractivity contribution in [3.05, 3.63) is 35.4 Å². The number of H-pyrrole nitrogens is 1. The fourth-order valence-electron chi connectivity index (χ4n) is 3.54. The van der Waals surface area contributed by atoms with Gasteiger partial charge in [0.1, 0.15) is 5.82 Å². The van der Waals surface area contributed by atoms with Gasteiger partial charge in [0, 0.05) is 44.6 Å². The number of hydrogen-bond donors (Lipinski definition) is 2. The van der Waals surface area contributed by atoms with Crippen LogP contribution in [-0.2, 0) is 9.59 Å². The molecule has 0 aliphatic carbocycles. The third kappa shape index (κ3) is 6.30. The number of amides is 2. The molecule has 7 nitrogen and oxygen atoms in total. The Labute approximate surface area is 176 Å². The molecule has 3 rings (SSSR count). The van der Waals surface area contributed by atoms with Crippen LogP contribution in [0, 0.1) is 0 Å². The van der Waals surface area contributed by atoms with E-state index in [1.807, 2.05) is 29.2 Å². The van der Waals surface area contributed by atoms with E-state index >= 15 is 0 Å². The summed E-state index contributed by atoms with van der Waals surface area (Å²) in [6.45, 7) is 6.14. The van der Waals surface area contributed by atoms with Crippen molar-refractivity contribution in [2.24, 2.45) is 0 Å². The molecule has 1 aliphatic rings. The highest BCUT2D eigenvalue weighted by molar-refractivity contribution is 6.33. The van der Waals surface area contributed by atoms with E-state index in [1.165, 1.54) is 0 Å². The molecule has 1 aromatic carbocycles. The molecule has 1 aliphatic heterocycles. The van der Waals surface area contributed by atoms with Crippen LogP contribution < -0.4 is 5.32 Å². The Balaban J connectivity index is 1.38. The molecule has 0 unspecified atom stereocenters. The number of nitrogens with one attached hydrogen (secondary N) is 2. The zero-order valence-corrected chi connectivity index (χ0v) is 17.5. The number of aromatic nitrogens is 2. The number of anilines is 1. The Hall–Kier alpha value is -2.38. The van der Waals surface area contributed by atoms with Gasteiger partial charge in [-0.2, -0.15) is 5.10 Å². The molecule has 2 aromatic rings. The van der Waals surface area contributed by atoms with Crippen molar-refractivity contribution in [2.75, 3.05) is 38.0 Å². The van der Waals surface area contributed by atoms with E-state index in [1.54, 1.807) is 13.0 Å². The summed E-state index contributed by atoms with van der Waals surface area (Å²) in [5, 5.41) is 10.6. The second-order valence-corrected chi connectivity index (χ2v) is 7.76. The topological polar surface area (TPSA) is 81.3 Å². The predicted molar refractivity (Wildman–Crippen MR) is 115 cm³/mol. The molecule has 0 radical (unpaired) electrons. The van der Waals surface area contributed by atoms with Gasteiger partial charge in [0.2, 0.25) is 11.8 Å². The van der Waals surface area contributed by atoms with Crippen LogP contribution in [0.1, 0.15) is 32.6 Å². The van der Waals surface area contributed by atoms with Crippen molar-refractivity contribution >= 4 is 29.2 Å². The van der Waals surface area contributed by atoms with Gasteiger partial charge in [0.25, 0.3) is 0 Å². The average Bonchev–Trinajstić information content (AvgIpc) is 3.01. The lowest BCUT2D eigenvalue weighted by Gasteiger charge is -2.20. The summed E-state index contributed by atoms with van der Waals surface area (Å²) in [7, 11) is 0. The summed E-state index contributed by atoms with van der Waals surface area (Å²) in [6, 6.07) is 9.26. The van der Waals surface area contributed by atoms with E-state index in [0.717, 1.165) is 57.5 Å². The number of rotatable bonds is 7. The minimum absolute atomic E-state index is 0.0296. The van der Waals surface area contributed by atoms with Crippen LogP contribution in [0.4, 0.5) is 5.82 Å². The van der Waals surface area contributed by atoms with E-state index in [2.05, 4.69) is 20.4 Å². The van der Waals surface area contributed by atoms with Crippen LogP contribution in [0.2, 0.25) is 5.02 Å². The van der Waals surface area contributed by atoms with Crippen molar-refractivity contribution in [2.45, 2.75) is 32.6 Å². The maximum atomic E-state index is 12.2. The molecule has 156 valence electrons. The predicted octanol–water partition coefficient (Wildman–Crippen LogP) is 3.39. The summed E-state index contributed by atoms with van der Waals surface area (Å²) in [5.41, 5.74) is 1.53. The number of hydrogen-bond acceptors (Lipinski definition) is 4. The number of carbonyl (C=O) groups excluding carboxylic acids is 2. The standard InChI is InChI=1S/C21H28ClN5O2/c1-16(28)27-12-6-11-26(13-14-27)10-5-4-9-21(29)23-20-15-19(24-25-20)17-7-2-3-8-18(17)22/h2-3,7-8,15H,4-6,9-14H2,1H3,(H2,23,24,25,29). The molecular weight excluding hydrogens is 390 g/mol. The zero-order chi connectivity index (χ0) is 20.6. The van der Waals surface area contributed by atoms with E-state index in [9.17, 15) is 9.59 Å². The Kier molecular flexibility index (Phi) is 7.66. The lowest BCUT2D eigenvalue weighted by atomic mass is 10.1. The fraction of sp³-hybridized carbons (Fsp3) is 0.476. The second kappa shape index (κ2) is 10.4. The number of halogens is 1. The molecule has 1 aromatic heterocycles. The molecule has 1 fully saturated rings. The van der Waals surface area contributed by atoms with Gasteiger partial charge in [-0.05, 0) is 38.4 Å². The van der Waals surface area contributed by atoms with Crippen molar-refractivity contribution in [1.29, 1.82) is 0 Å². The lowest BCUT2D eigenvalue weighted by Crippen LogP contribution is -2.34. The molecule has 1 saturated heterocycles. The van der Waals surface area contributed by atoms with Crippen LogP contribution in [0.3, 0.4) is 0 Å². The summed E-state index contributed by atoms with van der Waals surface area (Å²) < 4.78 is 0. The van der Waals surface area contributed by atoms with Gasteiger partial charge in [-0.25, -0.2) is 0 Å². The largest absolute Gasteiger partial charge is 0.342 e. The molecular formula is C21H28ClN5O2. The minimum atomic E-state index is -0.0296. The first-order chi connectivity index (χ1) is 14.0. The van der Waals surface area contributed by atoms with E-state index in [0.29, 0.717) is 23.0 Å². The van der Waals surface area contributed by atoms with Crippen LogP contribution in [0.15, 0.2) is 30.3 Å². The van der Waals surface area contributed by atoms with Gasteiger partial charge in [-0.3, -0.25) is 14.7 Å². The molecule has 29 heavy (non-hydrogen) atoms. The first kappa shape index (κ1) is 21.3. The summed E-state index contributed by atoms with van der Waals surface area (Å²) >= 11 is 6.19. The number of aromatic amines is 1. The molecule has 0 spiro atoms. The SMILES string of the molecule is CC(=O)N1CCCN(CCCCC(=O)Nc2cc(-c3ccccc3Cl)n[nH]2)CC1. The monoisotopic (exact) mass is 417 g/mol. The molecule has 2 heterocycles. The smallest absolute Gasteiger partial charge is 0.225 e. The second-order valence-electron chi connectivity index (χ2n) is 7.35. The lowest BCUT2D eigenvalue weighted by molar-refractivity contribution is -0.128. The maximum Gasteiger partial charge on any atom is 0.225 e. The Morgan fingerprint density at radius 3 is 2.79 bits per heavy atom. The van der Waals surface area contributed by atoms with Gasteiger partial charge >= 0.3 is 0 Å². The summed E-state index contributed by atoms with van der Waals surface area (Å²) in [6.07, 6.45) is 3.26. The quantitative estimate of drug-likeness (QED) is 0.676. The number of nitrogens with zero attached hydrogens (tertiary/aromatic N) is 3. The van der Waals surface area contributed by atoms with Crippen molar-refractivity contribution in [3.8, 4) is 11.3 Å². The average molecular weight is 418 g/mol. The summed E-state index contributed by atoms with van der Waals surface area (Å²) in [5.74, 6) is 0.694. The fourth-order valence-corrected chi connectivity index (χ4v) is 3.77. The highest BCUT2D eigenvalue weighted by atomic mass is 35.5. The van der Waals surface area contributed by atoms with Crippen molar-refractivity contribution in [1.82, 2.24) is 20.0 Å². The molecule has 2 N–H and O–H groups in total. The van der Waals surface area contributed by atoms with E-state index in [-0.39, 0.29) is 11.8 Å². The first-order valence-electron chi connectivity index (χ1n) is 10.1. The van der Waals surface area contributed by atoms with Crippen LogP contribution >= 0.6 is 11.6 Å². The molecule has 0 saturated carbocycles. The number of unbranched alkanes of at least 4 members (excludes halogenated alkanes) is 1. The first-order valence-corrected chi connectivity index (χ1v) is 10.5. The third-order valence-corrected chi connectivity index (χ3v) is 5.49. The number of benzene rings is 1. The van der Waals surface area contributed by atoms with Gasteiger partial charge in [0.05, 0.1) is 10.7 Å². The Bertz CT molecular complexity index is 838. The van der Waals surface area contributed by atoms with E-state index in [4.69, 9.17) is 11.6 Å². The zero-order valence-electron chi connectivity index (χ0n) is 16.8. The Morgan fingerprint density at radius 1 is 1.17 bits per heavy atom. The Morgan fingerprint density at radius 2 is 2.00 bits per heavy atom. The molecule has 0 bridgehead atoms. The van der Waals surface area contributed by atoms with Gasteiger partial charge in [-0.1, -0.05) is 29.8 Å². The number of carbonyl (C=O) groups is 2. The molecule has 2 amide bonds. The maximum absolute atomic E-state index is 12.2. The van der Waals surface area contributed by atoms with Gasteiger partial charge in [0.15, 0.2) is 0 Å². The van der Waals surface area contributed by atoms with Crippen molar-refractivity contribution in [3.63, 3.8) is 0 Å². The van der Waals surface area contributed by atoms with Crippen LogP contribution in [-0.4, -0.2) is 64.5 Å². The molecule has 0 atom stereocenters.